The lowest BCUT2D eigenvalue weighted by Crippen LogP contribution is -2.53. The number of hydrogen-bond acceptors (Lipinski definition) is 6. The number of halogens is 1. The highest BCUT2D eigenvalue weighted by atomic mass is 19.1. The fourth-order valence-corrected chi connectivity index (χ4v) is 5.29. The summed E-state index contributed by atoms with van der Waals surface area (Å²) in [5, 5.41) is 6.31. The van der Waals surface area contributed by atoms with E-state index in [4.69, 9.17) is 9.47 Å². The van der Waals surface area contributed by atoms with E-state index in [1.807, 2.05) is 0 Å². The first-order valence-electron chi connectivity index (χ1n) is 12.0. The van der Waals surface area contributed by atoms with Gasteiger partial charge in [0.25, 0.3) is 5.91 Å². The van der Waals surface area contributed by atoms with Gasteiger partial charge in [0.05, 0.1) is 43.0 Å². The SMILES string of the molecule is C=CC(=O)N1CCC2(CC1)CNC(=O)c1c2[nH]c(-c2ccncc2OC)c1Nc1cccc(F)c1OC. The number of carbonyl (C=O) groups is 2. The average molecular weight is 506 g/mol. The molecule has 1 aromatic carbocycles. The molecule has 0 saturated carbocycles. The number of aromatic amines is 1. The van der Waals surface area contributed by atoms with Crippen molar-refractivity contribution in [2.24, 2.45) is 0 Å². The van der Waals surface area contributed by atoms with Gasteiger partial charge in [0.15, 0.2) is 11.6 Å². The summed E-state index contributed by atoms with van der Waals surface area (Å²) in [5.41, 5.74) is 2.94. The number of likely N-dealkylation sites (tertiary alicyclic amines) is 1. The van der Waals surface area contributed by atoms with E-state index in [1.165, 1.54) is 19.3 Å². The Kier molecular flexibility index (Phi) is 6.32. The van der Waals surface area contributed by atoms with Gasteiger partial charge in [0.1, 0.15) is 5.75 Å². The van der Waals surface area contributed by atoms with Gasteiger partial charge in [-0.25, -0.2) is 4.39 Å². The maximum Gasteiger partial charge on any atom is 0.255 e. The van der Waals surface area contributed by atoms with Gasteiger partial charge in [-0.05, 0) is 37.1 Å². The third-order valence-corrected chi connectivity index (χ3v) is 7.26. The molecule has 1 fully saturated rings. The van der Waals surface area contributed by atoms with Crippen LogP contribution in [0, 0.1) is 5.82 Å². The third kappa shape index (κ3) is 4.08. The standard InChI is InChI=1S/C27H28FN5O4/c1-4-20(34)33-12-9-27(10-13-33)15-30-26(35)21-23(31-18-7-5-6-17(28)24(18)37-3)22(32-25(21)27)16-8-11-29-14-19(16)36-2/h4-8,11,14,31-32H,1,9-10,12-13,15H2,2-3H3,(H,30,35). The summed E-state index contributed by atoms with van der Waals surface area (Å²) < 4.78 is 25.4. The van der Waals surface area contributed by atoms with Crippen molar-refractivity contribution in [2.45, 2.75) is 18.3 Å². The molecule has 3 aromatic rings. The molecule has 9 nitrogen and oxygen atoms in total. The van der Waals surface area contributed by atoms with E-state index in [0.29, 0.717) is 66.4 Å². The maximum absolute atomic E-state index is 14.5. The quantitative estimate of drug-likeness (QED) is 0.440. The number of carbonyl (C=O) groups excluding carboxylic acids is 2. The average Bonchev–Trinajstić information content (AvgIpc) is 3.31. The van der Waals surface area contributed by atoms with E-state index in [0.717, 1.165) is 5.69 Å². The second kappa shape index (κ2) is 9.61. The van der Waals surface area contributed by atoms with Gasteiger partial charge in [-0.1, -0.05) is 12.6 Å². The zero-order chi connectivity index (χ0) is 26.2. The molecule has 2 aliphatic rings. The number of aromatic nitrogens is 2. The van der Waals surface area contributed by atoms with Crippen molar-refractivity contribution in [3.05, 3.63) is 66.4 Å². The number of anilines is 2. The number of H-pyrrole nitrogens is 1. The molecular formula is C27H28FN5O4. The Morgan fingerprint density at radius 2 is 2.03 bits per heavy atom. The molecule has 4 heterocycles. The van der Waals surface area contributed by atoms with Crippen LogP contribution in [0.1, 0.15) is 28.9 Å². The molecule has 0 radical (unpaired) electrons. The molecule has 3 N–H and O–H groups in total. The zero-order valence-electron chi connectivity index (χ0n) is 20.7. The topological polar surface area (TPSA) is 109 Å². The first-order valence-corrected chi connectivity index (χ1v) is 12.0. The second-order valence-corrected chi connectivity index (χ2v) is 9.14. The van der Waals surface area contributed by atoms with Crippen LogP contribution in [0.4, 0.5) is 15.8 Å². The van der Waals surface area contributed by atoms with Crippen LogP contribution in [-0.4, -0.2) is 60.5 Å². The molecule has 5 rings (SSSR count). The number of hydrogen-bond donors (Lipinski definition) is 3. The fourth-order valence-electron chi connectivity index (χ4n) is 5.29. The number of methoxy groups -OCH3 is 2. The Morgan fingerprint density at radius 1 is 1.24 bits per heavy atom. The lowest BCUT2D eigenvalue weighted by atomic mass is 9.72. The number of rotatable bonds is 6. The van der Waals surface area contributed by atoms with Gasteiger partial charge >= 0.3 is 0 Å². The van der Waals surface area contributed by atoms with Crippen LogP contribution >= 0.6 is 0 Å². The van der Waals surface area contributed by atoms with Crippen molar-refractivity contribution in [3.63, 3.8) is 0 Å². The Hall–Kier alpha value is -4.34. The Labute approximate surface area is 213 Å². The lowest BCUT2D eigenvalue weighted by molar-refractivity contribution is -0.127. The van der Waals surface area contributed by atoms with Crippen LogP contribution in [0.3, 0.4) is 0 Å². The van der Waals surface area contributed by atoms with E-state index in [2.05, 4.69) is 27.2 Å². The van der Waals surface area contributed by atoms with Crippen LogP contribution in [-0.2, 0) is 10.2 Å². The fraction of sp³-hybridized carbons (Fsp3) is 0.296. The molecule has 2 amide bonds. The molecular weight excluding hydrogens is 477 g/mol. The summed E-state index contributed by atoms with van der Waals surface area (Å²) in [5.74, 6) is -0.341. The number of nitrogens with zero attached hydrogens (tertiary/aromatic N) is 2. The van der Waals surface area contributed by atoms with Crippen LogP contribution in [0.25, 0.3) is 11.3 Å². The summed E-state index contributed by atoms with van der Waals surface area (Å²) in [7, 11) is 2.94. The van der Waals surface area contributed by atoms with Crippen molar-refractivity contribution >= 4 is 23.2 Å². The summed E-state index contributed by atoms with van der Waals surface area (Å²) in [6, 6.07) is 6.36. The molecule has 1 spiro atoms. The van der Waals surface area contributed by atoms with Crippen molar-refractivity contribution in [1.29, 1.82) is 0 Å². The number of piperidine rings is 1. The number of fused-ring (bicyclic) bond motifs is 2. The summed E-state index contributed by atoms with van der Waals surface area (Å²) >= 11 is 0. The highest BCUT2D eigenvalue weighted by molar-refractivity contribution is 6.07. The molecule has 0 aliphatic carbocycles. The van der Waals surface area contributed by atoms with Crippen LogP contribution in [0.15, 0.2) is 49.3 Å². The normalized spacial score (nSPS) is 16.1. The molecule has 0 unspecified atom stereocenters. The molecule has 2 aromatic heterocycles. The van der Waals surface area contributed by atoms with E-state index in [1.54, 1.807) is 42.6 Å². The summed E-state index contributed by atoms with van der Waals surface area (Å²) in [4.78, 5) is 35.0. The highest BCUT2D eigenvalue weighted by Crippen LogP contribution is 2.47. The van der Waals surface area contributed by atoms with E-state index in [-0.39, 0.29) is 17.6 Å². The minimum absolute atomic E-state index is 0.0345. The van der Waals surface area contributed by atoms with Crippen LogP contribution < -0.4 is 20.1 Å². The molecule has 192 valence electrons. The first kappa shape index (κ1) is 24.4. The number of benzene rings is 1. The predicted octanol–water partition coefficient (Wildman–Crippen LogP) is 3.77. The number of nitrogens with one attached hydrogen (secondary N) is 3. The van der Waals surface area contributed by atoms with Gasteiger partial charge < -0.3 is 30.0 Å². The highest BCUT2D eigenvalue weighted by Gasteiger charge is 2.46. The Bertz CT molecular complexity index is 1380. The number of pyridine rings is 1. The van der Waals surface area contributed by atoms with Crippen molar-refractivity contribution in [2.75, 3.05) is 39.2 Å². The van der Waals surface area contributed by atoms with Gasteiger partial charge in [-0.3, -0.25) is 14.6 Å². The van der Waals surface area contributed by atoms with Crippen LogP contribution in [0.2, 0.25) is 0 Å². The molecule has 0 atom stereocenters. The van der Waals surface area contributed by atoms with E-state index < -0.39 is 11.2 Å². The van der Waals surface area contributed by atoms with Crippen molar-refractivity contribution < 1.29 is 23.5 Å². The smallest absolute Gasteiger partial charge is 0.255 e. The molecule has 10 heteroatoms. The lowest BCUT2D eigenvalue weighted by Gasteiger charge is -2.43. The number of para-hydroxylation sites is 1. The van der Waals surface area contributed by atoms with Crippen molar-refractivity contribution in [3.8, 4) is 22.8 Å². The Morgan fingerprint density at radius 3 is 2.73 bits per heavy atom. The predicted molar refractivity (Wildman–Crippen MR) is 137 cm³/mol. The van der Waals surface area contributed by atoms with Gasteiger partial charge in [-0.2, -0.15) is 0 Å². The summed E-state index contributed by atoms with van der Waals surface area (Å²) in [6.07, 6.45) is 5.85. The number of ether oxygens (including phenoxy) is 2. The van der Waals surface area contributed by atoms with Gasteiger partial charge in [-0.15, -0.1) is 0 Å². The molecule has 2 aliphatic heterocycles. The van der Waals surface area contributed by atoms with Gasteiger partial charge in [0, 0.05) is 42.5 Å². The second-order valence-electron chi connectivity index (χ2n) is 9.14. The monoisotopic (exact) mass is 505 g/mol. The Balaban J connectivity index is 1.68. The zero-order valence-corrected chi connectivity index (χ0v) is 20.7. The number of amides is 2. The summed E-state index contributed by atoms with van der Waals surface area (Å²) in [6.45, 7) is 5.10. The van der Waals surface area contributed by atoms with Crippen molar-refractivity contribution in [1.82, 2.24) is 20.2 Å². The molecule has 0 bridgehead atoms. The minimum atomic E-state index is -0.528. The largest absolute Gasteiger partial charge is 0.494 e. The maximum atomic E-state index is 14.5. The molecule has 1 saturated heterocycles. The van der Waals surface area contributed by atoms with E-state index >= 15 is 0 Å². The minimum Gasteiger partial charge on any atom is -0.494 e. The third-order valence-electron chi connectivity index (χ3n) is 7.26. The van der Waals surface area contributed by atoms with Crippen LogP contribution in [0.5, 0.6) is 11.5 Å². The first-order chi connectivity index (χ1) is 17.9. The van der Waals surface area contributed by atoms with E-state index in [9.17, 15) is 14.0 Å². The van der Waals surface area contributed by atoms with Gasteiger partial charge in [0.2, 0.25) is 5.91 Å². The molecule has 37 heavy (non-hydrogen) atoms.